The summed E-state index contributed by atoms with van der Waals surface area (Å²) < 4.78 is 10.7. The highest BCUT2D eigenvalue weighted by Gasteiger charge is 2.45. The monoisotopic (exact) mass is 283 g/mol. The SMILES string of the molecule is C/C=C1\CN(C(=O)OC(C)(C)C)C1C(=O)OC(C)(C)C. The van der Waals surface area contributed by atoms with Gasteiger partial charge in [0.05, 0.1) is 0 Å². The Balaban J connectivity index is 2.80. The second-order valence-corrected chi connectivity index (χ2v) is 6.91. The normalized spacial score (nSPS) is 21.4. The topological polar surface area (TPSA) is 55.8 Å². The van der Waals surface area contributed by atoms with Crippen LogP contribution in [0.3, 0.4) is 0 Å². The number of hydrogen-bond donors (Lipinski definition) is 0. The van der Waals surface area contributed by atoms with Crippen LogP contribution in [0.2, 0.25) is 0 Å². The second kappa shape index (κ2) is 5.46. The van der Waals surface area contributed by atoms with Crippen molar-refractivity contribution in [3.63, 3.8) is 0 Å². The molecule has 1 amide bonds. The van der Waals surface area contributed by atoms with E-state index in [1.165, 1.54) is 4.90 Å². The van der Waals surface area contributed by atoms with Crippen LogP contribution in [0.5, 0.6) is 0 Å². The number of amides is 1. The van der Waals surface area contributed by atoms with Crippen molar-refractivity contribution >= 4 is 12.1 Å². The van der Waals surface area contributed by atoms with Gasteiger partial charge in [0.25, 0.3) is 0 Å². The van der Waals surface area contributed by atoms with Crippen molar-refractivity contribution in [2.75, 3.05) is 6.54 Å². The number of ether oxygens (including phenoxy) is 2. The molecule has 0 radical (unpaired) electrons. The zero-order valence-electron chi connectivity index (χ0n) is 13.4. The molecule has 0 spiro atoms. The Morgan fingerprint density at radius 3 is 2.00 bits per heavy atom. The van der Waals surface area contributed by atoms with Crippen LogP contribution in [-0.2, 0) is 14.3 Å². The minimum Gasteiger partial charge on any atom is -0.458 e. The average molecular weight is 283 g/mol. The Bertz CT molecular complexity index is 426. The largest absolute Gasteiger partial charge is 0.458 e. The number of hydrogen-bond acceptors (Lipinski definition) is 4. The Morgan fingerprint density at radius 1 is 1.10 bits per heavy atom. The van der Waals surface area contributed by atoms with E-state index in [1.807, 2.05) is 13.0 Å². The summed E-state index contributed by atoms with van der Waals surface area (Å²) in [6, 6.07) is -0.658. The van der Waals surface area contributed by atoms with Crippen molar-refractivity contribution in [3.05, 3.63) is 11.6 Å². The van der Waals surface area contributed by atoms with E-state index in [0.717, 1.165) is 5.57 Å². The predicted molar refractivity (Wildman–Crippen MR) is 76.3 cm³/mol. The van der Waals surface area contributed by atoms with Crippen molar-refractivity contribution in [2.45, 2.75) is 65.7 Å². The molecule has 1 saturated heterocycles. The molecule has 5 heteroatoms. The number of nitrogens with zero attached hydrogens (tertiary/aromatic N) is 1. The molecule has 0 N–H and O–H groups in total. The summed E-state index contributed by atoms with van der Waals surface area (Å²) in [5.41, 5.74) is -0.281. The van der Waals surface area contributed by atoms with Crippen LogP contribution in [0.1, 0.15) is 48.5 Å². The number of esters is 1. The molecule has 20 heavy (non-hydrogen) atoms. The van der Waals surface area contributed by atoms with E-state index in [2.05, 4.69) is 0 Å². The van der Waals surface area contributed by atoms with Gasteiger partial charge in [0.1, 0.15) is 11.2 Å². The first-order valence-electron chi connectivity index (χ1n) is 6.82. The number of carbonyl (C=O) groups excluding carboxylic acids is 2. The number of rotatable bonds is 1. The summed E-state index contributed by atoms with van der Waals surface area (Å²) in [4.78, 5) is 25.6. The lowest BCUT2D eigenvalue weighted by Gasteiger charge is -2.42. The summed E-state index contributed by atoms with van der Waals surface area (Å²) in [5.74, 6) is -0.414. The van der Waals surface area contributed by atoms with E-state index < -0.39 is 29.3 Å². The van der Waals surface area contributed by atoms with Crippen LogP contribution in [0.15, 0.2) is 11.6 Å². The molecule has 0 aromatic heterocycles. The van der Waals surface area contributed by atoms with Crippen LogP contribution < -0.4 is 0 Å². The highest BCUT2D eigenvalue weighted by atomic mass is 16.6. The van der Waals surface area contributed by atoms with Crippen LogP contribution in [0, 0.1) is 0 Å². The Hall–Kier alpha value is -1.52. The molecule has 0 aromatic rings. The quantitative estimate of drug-likeness (QED) is 0.548. The molecule has 1 rings (SSSR count). The highest BCUT2D eigenvalue weighted by Crippen LogP contribution is 2.28. The average Bonchev–Trinajstić information content (AvgIpc) is 2.09. The van der Waals surface area contributed by atoms with E-state index in [4.69, 9.17) is 9.47 Å². The molecular weight excluding hydrogens is 258 g/mol. The number of likely N-dealkylation sites (tertiary alicyclic amines) is 1. The predicted octanol–water partition coefficient (Wildman–Crippen LogP) is 2.89. The maximum Gasteiger partial charge on any atom is 0.411 e. The van der Waals surface area contributed by atoms with Gasteiger partial charge in [-0.15, -0.1) is 0 Å². The lowest BCUT2D eigenvalue weighted by molar-refractivity contribution is -0.162. The summed E-state index contributed by atoms with van der Waals surface area (Å²) >= 11 is 0. The van der Waals surface area contributed by atoms with Crippen LogP contribution in [0.4, 0.5) is 4.79 Å². The minimum absolute atomic E-state index is 0.412. The Morgan fingerprint density at radius 2 is 1.60 bits per heavy atom. The molecule has 1 fully saturated rings. The van der Waals surface area contributed by atoms with Gasteiger partial charge in [0.2, 0.25) is 0 Å². The lowest BCUT2D eigenvalue weighted by atomic mass is 9.96. The third-order valence-corrected chi connectivity index (χ3v) is 2.64. The van der Waals surface area contributed by atoms with Crippen molar-refractivity contribution in [1.29, 1.82) is 0 Å². The van der Waals surface area contributed by atoms with Gasteiger partial charge in [-0.05, 0) is 54.0 Å². The van der Waals surface area contributed by atoms with Gasteiger partial charge >= 0.3 is 12.1 Å². The van der Waals surface area contributed by atoms with E-state index in [0.29, 0.717) is 6.54 Å². The van der Waals surface area contributed by atoms with Crippen molar-refractivity contribution in [1.82, 2.24) is 4.90 Å². The van der Waals surface area contributed by atoms with Gasteiger partial charge in [-0.1, -0.05) is 6.08 Å². The second-order valence-electron chi connectivity index (χ2n) is 6.91. The van der Waals surface area contributed by atoms with Crippen LogP contribution >= 0.6 is 0 Å². The smallest absolute Gasteiger partial charge is 0.411 e. The Labute approximate surface area is 120 Å². The lowest BCUT2D eigenvalue weighted by Crippen LogP contribution is -2.59. The highest BCUT2D eigenvalue weighted by molar-refractivity contribution is 5.88. The first-order valence-corrected chi connectivity index (χ1v) is 6.82. The van der Waals surface area contributed by atoms with E-state index in [1.54, 1.807) is 41.5 Å². The molecule has 1 unspecified atom stereocenters. The van der Waals surface area contributed by atoms with Gasteiger partial charge < -0.3 is 9.47 Å². The van der Waals surface area contributed by atoms with Gasteiger partial charge in [-0.3, -0.25) is 4.90 Å². The molecule has 1 aliphatic rings. The summed E-state index contributed by atoms with van der Waals surface area (Å²) in [7, 11) is 0. The molecule has 114 valence electrons. The molecule has 0 bridgehead atoms. The fourth-order valence-corrected chi connectivity index (χ4v) is 1.84. The molecule has 1 aliphatic heterocycles. The molecule has 0 aromatic carbocycles. The third-order valence-electron chi connectivity index (χ3n) is 2.64. The molecule has 0 saturated carbocycles. The van der Waals surface area contributed by atoms with Crippen molar-refractivity contribution < 1.29 is 19.1 Å². The van der Waals surface area contributed by atoms with Gasteiger partial charge in [0, 0.05) is 6.54 Å². The van der Waals surface area contributed by atoms with Gasteiger partial charge in [-0.2, -0.15) is 0 Å². The molecule has 0 aliphatic carbocycles. The Kier molecular flexibility index (Phi) is 4.52. The molecule has 1 heterocycles. The van der Waals surface area contributed by atoms with E-state index in [9.17, 15) is 9.59 Å². The molecular formula is C15H25NO4. The number of carbonyl (C=O) groups is 2. The first-order chi connectivity index (χ1) is 8.94. The third kappa shape index (κ3) is 4.25. The maximum absolute atomic E-state index is 12.2. The standard InChI is InChI=1S/C15H25NO4/c1-8-10-9-16(13(18)20-15(5,6)7)11(10)12(17)19-14(2,3)4/h8,11H,9H2,1-7H3/b10-8+. The van der Waals surface area contributed by atoms with Crippen LogP contribution in [0.25, 0.3) is 0 Å². The van der Waals surface area contributed by atoms with Crippen LogP contribution in [-0.4, -0.2) is 40.8 Å². The van der Waals surface area contributed by atoms with Crippen molar-refractivity contribution in [3.8, 4) is 0 Å². The summed E-state index contributed by atoms with van der Waals surface area (Å²) in [5, 5.41) is 0. The summed E-state index contributed by atoms with van der Waals surface area (Å²) in [6.07, 6.45) is 1.36. The maximum atomic E-state index is 12.2. The summed E-state index contributed by atoms with van der Waals surface area (Å²) in [6.45, 7) is 13.1. The fourth-order valence-electron chi connectivity index (χ4n) is 1.84. The van der Waals surface area contributed by atoms with E-state index >= 15 is 0 Å². The van der Waals surface area contributed by atoms with Gasteiger partial charge in [0.15, 0.2) is 6.04 Å². The number of allylic oxidation sites excluding steroid dienone is 1. The fraction of sp³-hybridized carbons (Fsp3) is 0.733. The molecule has 5 nitrogen and oxygen atoms in total. The zero-order valence-corrected chi connectivity index (χ0v) is 13.4. The molecule has 1 atom stereocenters. The minimum atomic E-state index is -0.658. The van der Waals surface area contributed by atoms with E-state index in [-0.39, 0.29) is 0 Å². The zero-order chi connectivity index (χ0) is 15.7. The van der Waals surface area contributed by atoms with Gasteiger partial charge in [-0.25, -0.2) is 9.59 Å². The van der Waals surface area contributed by atoms with Crippen molar-refractivity contribution in [2.24, 2.45) is 0 Å². The first kappa shape index (κ1) is 16.5.